The Morgan fingerprint density at radius 3 is 2.70 bits per heavy atom. The van der Waals surface area contributed by atoms with Crippen LogP contribution in [0.1, 0.15) is 51.9 Å². The number of carbonyl (C=O) groups excluding carboxylic acids is 2. The molecule has 4 rings (SSSR count). The zero-order chi connectivity index (χ0) is 21.3. The number of anilines is 2. The Morgan fingerprint density at radius 1 is 1.23 bits per heavy atom. The molecule has 3 fully saturated rings. The topological polar surface area (TPSA) is 95.0 Å². The van der Waals surface area contributed by atoms with E-state index in [0.29, 0.717) is 23.9 Å². The van der Waals surface area contributed by atoms with Crippen LogP contribution in [-0.2, 0) is 9.59 Å². The van der Waals surface area contributed by atoms with Crippen LogP contribution in [0, 0.1) is 5.41 Å². The fourth-order valence-corrected chi connectivity index (χ4v) is 5.33. The fourth-order valence-electron chi connectivity index (χ4n) is 5.33. The van der Waals surface area contributed by atoms with Crippen molar-refractivity contribution in [1.29, 1.82) is 0 Å². The van der Waals surface area contributed by atoms with Crippen molar-refractivity contribution in [1.82, 2.24) is 9.88 Å². The molecular weight excluding hydrogens is 384 g/mol. The molecule has 1 aromatic heterocycles. The fraction of sp³-hybridized carbons (Fsp3) is 0.682. The molecule has 0 aromatic carbocycles. The number of amides is 2. The molecule has 1 atom stereocenters. The van der Waals surface area contributed by atoms with Gasteiger partial charge in [-0.2, -0.15) is 4.98 Å². The predicted molar refractivity (Wildman–Crippen MR) is 114 cm³/mol. The van der Waals surface area contributed by atoms with Gasteiger partial charge in [0.2, 0.25) is 17.7 Å². The number of hydrogen-bond donors (Lipinski definition) is 2. The molecule has 164 valence electrons. The molecule has 1 aromatic rings. The van der Waals surface area contributed by atoms with E-state index < -0.39 is 5.41 Å². The molecular formula is C22H32N4O4. The van der Waals surface area contributed by atoms with E-state index in [1.54, 1.807) is 19.2 Å². The SMILES string of the molecule is COc1ccc(NC(C)=O)c(N2CCC[C@]3(CCN(C4CCC(O)CC4)C3=O)C2)n1. The molecule has 8 heteroatoms. The number of aliphatic hydroxyl groups excluding tert-OH is 1. The van der Waals surface area contributed by atoms with Crippen LogP contribution in [0.25, 0.3) is 0 Å². The smallest absolute Gasteiger partial charge is 0.230 e. The zero-order valence-corrected chi connectivity index (χ0v) is 17.9. The minimum Gasteiger partial charge on any atom is -0.481 e. The maximum absolute atomic E-state index is 13.5. The minimum absolute atomic E-state index is 0.155. The predicted octanol–water partition coefficient (Wildman–Crippen LogP) is 2.17. The van der Waals surface area contributed by atoms with Gasteiger partial charge >= 0.3 is 0 Å². The quantitative estimate of drug-likeness (QED) is 0.781. The summed E-state index contributed by atoms with van der Waals surface area (Å²) in [5, 5.41) is 12.7. The molecule has 2 aliphatic heterocycles. The lowest BCUT2D eigenvalue weighted by atomic mass is 9.78. The van der Waals surface area contributed by atoms with Crippen LogP contribution in [0.3, 0.4) is 0 Å². The van der Waals surface area contributed by atoms with Crippen molar-refractivity contribution in [2.75, 3.05) is 37.0 Å². The van der Waals surface area contributed by atoms with Crippen molar-refractivity contribution in [2.45, 2.75) is 64.0 Å². The third kappa shape index (κ3) is 3.97. The van der Waals surface area contributed by atoms with Crippen LogP contribution in [0.15, 0.2) is 12.1 Å². The van der Waals surface area contributed by atoms with Crippen LogP contribution in [0.5, 0.6) is 5.88 Å². The number of carbonyl (C=O) groups is 2. The Labute approximate surface area is 177 Å². The highest BCUT2D eigenvalue weighted by molar-refractivity contribution is 5.92. The number of hydrogen-bond acceptors (Lipinski definition) is 6. The summed E-state index contributed by atoms with van der Waals surface area (Å²) in [6.07, 6.45) is 5.75. The standard InChI is InChI=1S/C22H32N4O4/c1-15(27)23-18-8-9-19(30-2)24-20(18)25-12-3-10-22(14-25)11-13-26(21(22)29)16-4-6-17(28)7-5-16/h8-9,16-17,28H,3-7,10-14H2,1-2H3,(H,23,27)/t16?,17?,22-/m0/s1. The Hall–Kier alpha value is -2.35. The van der Waals surface area contributed by atoms with Crippen LogP contribution >= 0.6 is 0 Å². The number of piperidine rings is 1. The van der Waals surface area contributed by atoms with Gasteiger partial charge in [0.25, 0.3) is 0 Å². The number of nitrogens with zero attached hydrogens (tertiary/aromatic N) is 3. The molecule has 1 aliphatic carbocycles. The van der Waals surface area contributed by atoms with E-state index in [1.807, 2.05) is 0 Å². The lowest BCUT2D eigenvalue weighted by Crippen LogP contribution is -2.50. The maximum atomic E-state index is 13.5. The second-order valence-corrected chi connectivity index (χ2v) is 8.92. The van der Waals surface area contributed by atoms with Crippen molar-refractivity contribution in [2.24, 2.45) is 5.41 Å². The normalized spacial score (nSPS) is 29.4. The van der Waals surface area contributed by atoms with E-state index in [9.17, 15) is 14.7 Å². The third-order valence-corrected chi connectivity index (χ3v) is 6.90. The molecule has 1 saturated carbocycles. The Morgan fingerprint density at radius 2 is 2.00 bits per heavy atom. The summed E-state index contributed by atoms with van der Waals surface area (Å²) in [4.78, 5) is 34.0. The molecule has 2 amide bonds. The molecule has 1 spiro atoms. The lowest BCUT2D eigenvalue weighted by molar-refractivity contribution is -0.139. The number of aromatic nitrogens is 1. The first kappa shape index (κ1) is 20.9. The zero-order valence-electron chi connectivity index (χ0n) is 17.9. The van der Waals surface area contributed by atoms with E-state index in [0.717, 1.165) is 58.0 Å². The second-order valence-electron chi connectivity index (χ2n) is 8.92. The first-order chi connectivity index (χ1) is 14.4. The number of pyridine rings is 1. The summed E-state index contributed by atoms with van der Waals surface area (Å²) >= 11 is 0. The summed E-state index contributed by atoms with van der Waals surface area (Å²) in [6, 6.07) is 3.79. The maximum Gasteiger partial charge on any atom is 0.230 e. The molecule has 3 heterocycles. The van der Waals surface area contributed by atoms with Crippen molar-refractivity contribution in [3.63, 3.8) is 0 Å². The van der Waals surface area contributed by atoms with E-state index in [4.69, 9.17) is 4.74 Å². The van der Waals surface area contributed by atoms with Gasteiger partial charge in [0.15, 0.2) is 5.82 Å². The molecule has 2 N–H and O–H groups in total. The van der Waals surface area contributed by atoms with E-state index >= 15 is 0 Å². The third-order valence-electron chi connectivity index (χ3n) is 6.90. The van der Waals surface area contributed by atoms with Crippen molar-refractivity contribution >= 4 is 23.3 Å². The largest absolute Gasteiger partial charge is 0.481 e. The van der Waals surface area contributed by atoms with E-state index in [1.165, 1.54) is 6.92 Å². The van der Waals surface area contributed by atoms with Gasteiger partial charge in [0, 0.05) is 38.7 Å². The van der Waals surface area contributed by atoms with Gasteiger partial charge in [-0.1, -0.05) is 0 Å². The molecule has 2 saturated heterocycles. The molecule has 8 nitrogen and oxygen atoms in total. The van der Waals surface area contributed by atoms with Crippen LogP contribution in [-0.4, -0.2) is 65.7 Å². The first-order valence-corrected chi connectivity index (χ1v) is 11.0. The van der Waals surface area contributed by atoms with Gasteiger partial charge in [0.1, 0.15) is 0 Å². The van der Waals surface area contributed by atoms with Crippen molar-refractivity contribution in [3.05, 3.63) is 12.1 Å². The number of methoxy groups -OCH3 is 1. The number of rotatable bonds is 4. The van der Waals surface area contributed by atoms with Gasteiger partial charge in [-0.15, -0.1) is 0 Å². The van der Waals surface area contributed by atoms with Crippen LogP contribution in [0.4, 0.5) is 11.5 Å². The van der Waals surface area contributed by atoms with Gasteiger partial charge in [0.05, 0.1) is 24.3 Å². The number of nitrogens with one attached hydrogen (secondary N) is 1. The number of ether oxygens (including phenoxy) is 1. The molecule has 0 bridgehead atoms. The molecule has 30 heavy (non-hydrogen) atoms. The molecule has 0 radical (unpaired) electrons. The highest BCUT2D eigenvalue weighted by atomic mass is 16.5. The number of likely N-dealkylation sites (tertiary alicyclic amines) is 1. The van der Waals surface area contributed by atoms with E-state index in [-0.39, 0.29) is 24.0 Å². The minimum atomic E-state index is -0.396. The van der Waals surface area contributed by atoms with Gasteiger partial charge in [-0.05, 0) is 51.0 Å². The Bertz CT molecular complexity index is 808. The summed E-state index contributed by atoms with van der Waals surface area (Å²) in [6.45, 7) is 3.66. The van der Waals surface area contributed by atoms with Gasteiger partial charge in [-0.25, -0.2) is 0 Å². The second kappa shape index (κ2) is 8.41. The van der Waals surface area contributed by atoms with Gasteiger partial charge < -0.3 is 25.0 Å². The number of aliphatic hydroxyl groups is 1. The highest BCUT2D eigenvalue weighted by Gasteiger charge is 2.51. The average molecular weight is 417 g/mol. The Balaban J connectivity index is 1.55. The summed E-state index contributed by atoms with van der Waals surface area (Å²) in [5.41, 5.74) is 0.246. The van der Waals surface area contributed by atoms with Crippen molar-refractivity contribution < 1.29 is 19.4 Å². The summed E-state index contributed by atoms with van der Waals surface area (Å²) < 4.78 is 5.30. The highest BCUT2D eigenvalue weighted by Crippen LogP contribution is 2.44. The first-order valence-electron chi connectivity index (χ1n) is 11.0. The summed E-state index contributed by atoms with van der Waals surface area (Å²) in [7, 11) is 1.57. The Kier molecular flexibility index (Phi) is 5.86. The van der Waals surface area contributed by atoms with Crippen molar-refractivity contribution in [3.8, 4) is 5.88 Å². The molecule has 0 unspecified atom stereocenters. The lowest BCUT2D eigenvalue weighted by Gasteiger charge is -2.41. The van der Waals surface area contributed by atoms with Crippen LogP contribution < -0.4 is 15.0 Å². The molecule has 3 aliphatic rings. The van der Waals surface area contributed by atoms with E-state index in [2.05, 4.69) is 20.1 Å². The monoisotopic (exact) mass is 416 g/mol. The van der Waals surface area contributed by atoms with Gasteiger partial charge in [-0.3, -0.25) is 9.59 Å². The van der Waals surface area contributed by atoms with Crippen LogP contribution in [0.2, 0.25) is 0 Å². The average Bonchev–Trinajstić information content (AvgIpc) is 3.04. The summed E-state index contributed by atoms with van der Waals surface area (Å²) in [5.74, 6) is 1.24.